The van der Waals surface area contributed by atoms with Crippen molar-refractivity contribution in [1.82, 2.24) is 0 Å². The predicted octanol–water partition coefficient (Wildman–Crippen LogP) is 4.73. The van der Waals surface area contributed by atoms with E-state index in [1.807, 2.05) is 6.92 Å². The first-order valence-corrected chi connectivity index (χ1v) is 11.7. The van der Waals surface area contributed by atoms with Gasteiger partial charge in [0.25, 0.3) is 0 Å². The normalized spacial score (nSPS) is 16.8. The topological polar surface area (TPSA) is 98.8 Å². The van der Waals surface area contributed by atoms with Crippen LogP contribution in [0, 0.1) is 0 Å². The maximum Gasteiger partial charge on any atom is 0.358 e. The molecule has 9 nitrogen and oxygen atoms in total. The second kappa shape index (κ2) is 12.1. The van der Waals surface area contributed by atoms with Crippen molar-refractivity contribution in [2.24, 2.45) is 0 Å². The molecule has 0 aliphatic rings. The lowest BCUT2D eigenvalue weighted by Gasteiger charge is -2.28. The summed E-state index contributed by atoms with van der Waals surface area (Å²) in [6.07, 6.45) is 1.70. The lowest BCUT2D eigenvalue weighted by Crippen LogP contribution is -2.15. The van der Waals surface area contributed by atoms with Crippen molar-refractivity contribution < 1.29 is 40.8 Å². The van der Waals surface area contributed by atoms with Crippen LogP contribution in [0.5, 0.6) is 0 Å². The molecule has 0 bridgehead atoms. The molecular weight excluding hydrogens is 381 g/mol. The predicted molar refractivity (Wildman–Crippen MR) is 92.1 cm³/mol. The summed E-state index contributed by atoms with van der Waals surface area (Å²) < 4.78 is 60.9. The Kier molecular flexibility index (Phi) is 12.4. The first-order chi connectivity index (χ1) is 11.2. The van der Waals surface area contributed by atoms with Crippen LogP contribution in [0.15, 0.2) is 0 Å². The third kappa shape index (κ3) is 7.46. The summed E-state index contributed by atoms with van der Waals surface area (Å²) in [7, 11) is -3.84. The molecule has 24 heavy (non-hydrogen) atoms. The van der Waals surface area contributed by atoms with E-state index in [-0.39, 0.29) is 0 Å². The first kappa shape index (κ1) is 24.6. The monoisotopic (exact) mass is 410 g/mol. The van der Waals surface area contributed by atoms with Crippen LogP contribution in [-0.2, 0) is 40.8 Å². The molecule has 0 N–H and O–H groups in total. The molecule has 0 saturated carbocycles. The van der Waals surface area contributed by atoms with Gasteiger partial charge in [-0.15, -0.1) is 0 Å². The van der Waals surface area contributed by atoms with E-state index in [9.17, 15) is 9.13 Å². The van der Waals surface area contributed by atoms with Crippen LogP contribution in [0.2, 0.25) is 0 Å². The summed E-state index contributed by atoms with van der Waals surface area (Å²) >= 11 is 0. The molecule has 0 aromatic rings. The van der Waals surface area contributed by atoms with Gasteiger partial charge in [0.05, 0.1) is 6.61 Å². The molecule has 2 atom stereocenters. The number of hydrogen-bond donors (Lipinski definition) is 0. The maximum absolute atomic E-state index is 12.3. The van der Waals surface area contributed by atoms with Crippen LogP contribution in [0.25, 0.3) is 0 Å². The zero-order valence-electron chi connectivity index (χ0n) is 15.3. The smallest absolute Gasteiger partial charge is 0.312 e. The third-order valence-corrected chi connectivity index (χ3v) is 8.81. The molecule has 0 aromatic carbocycles. The van der Waals surface area contributed by atoms with Gasteiger partial charge in [0.15, 0.2) is 11.7 Å². The Morgan fingerprint density at radius 1 is 0.833 bits per heavy atom. The van der Waals surface area contributed by atoms with Gasteiger partial charge in [0.1, 0.15) is 0 Å². The van der Waals surface area contributed by atoms with Gasteiger partial charge < -0.3 is 22.6 Å². The van der Waals surface area contributed by atoms with E-state index in [1.165, 1.54) is 42.3 Å². The van der Waals surface area contributed by atoms with Crippen LogP contribution in [0.3, 0.4) is 0 Å². The zero-order valence-corrected chi connectivity index (χ0v) is 18.0. The van der Waals surface area contributed by atoms with Crippen molar-refractivity contribution in [3.05, 3.63) is 0 Å². The highest BCUT2D eigenvalue weighted by Gasteiger charge is 2.38. The van der Waals surface area contributed by atoms with Gasteiger partial charge in [-0.1, -0.05) is 13.3 Å². The fourth-order valence-electron chi connectivity index (χ4n) is 1.48. The molecule has 12 heteroatoms. The molecule has 0 fully saturated rings. The SMILES string of the molecule is CCCCOP(OC(C)P(=O)(OC)OC)OC(C)P(=O)(OC)OC. The highest BCUT2D eigenvalue weighted by molar-refractivity contribution is 7.56. The summed E-state index contributed by atoms with van der Waals surface area (Å²) in [4.78, 5) is 0. The highest BCUT2D eigenvalue weighted by Crippen LogP contribution is 2.60. The van der Waals surface area contributed by atoms with Crippen molar-refractivity contribution in [1.29, 1.82) is 0 Å². The van der Waals surface area contributed by atoms with Gasteiger partial charge in [-0.05, 0) is 20.3 Å². The molecule has 0 amide bonds. The summed E-state index contributed by atoms with van der Waals surface area (Å²) in [5.41, 5.74) is 0. The fraction of sp³-hybridized carbons (Fsp3) is 1.00. The molecule has 0 aromatic heterocycles. The summed E-state index contributed by atoms with van der Waals surface area (Å²) in [5.74, 6) is -1.87. The molecule has 146 valence electrons. The van der Waals surface area contributed by atoms with Gasteiger partial charge in [0, 0.05) is 28.4 Å². The standard InChI is InChI=1S/C12H29O9P3/c1-8-9-10-19-22(20-11(2)23(13,15-4)16-5)21-12(3)24(14,17-6)18-7/h11-12H,8-10H2,1-7H3. The Morgan fingerprint density at radius 3 is 1.50 bits per heavy atom. The largest absolute Gasteiger partial charge is 0.358 e. The maximum atomic E-state index is 12.3. The Hall–Kier alpha value is 0.610. The van der Waals surface area contributed by atoms with Crippen LogP contribution >= 0.6 is 23.8 Å². The molecular formula is C12H29O9P3. The van der Waals surface area contributed by atoms with Crippen molar-refractivity contribution in [2.45, 2.75) is 45.3 Å². The van der Waals surface area contributed by atoms with Gasteiger partial charge in [-0.25, -0.2) is 0 Å². The van der Waals surface area contributed by atoms with Gasteiger partial charge in [0.2, 0.25) is 0 Å². The van der Waals surface area contributed by atoms with Crippen LogP contribution in [0.4, 0.5) is 0 Å². The van der Waals surface area contributed by atoms with E-state index in [1.54, 1.807) is 0 Å². The van der Waals surface area contributed by atoms with Gasteiger partial charge in [-0.3, -0.25) is 18.2 Å². The summed E-state index contributed by atoms with van der Waals surface area (Å²) in [6, 6.07) is 0. The van der Waals surface area contributed by atoms with E-state index in [2.05, 4.69) is 0 Å². The molecule has 0 rings (SSSR count). The van der Waals surface area contributed by atoms with E-state index in [0.717, 1.165) is 12.8 Å². The minimum Gasteiger partial charge on any atom is -0.312 e. The van der Waals surface area contributed by atoms with Gasteiger partial charge >= 0.3 is 23.8 Å². The molecule has 0 saturated heterocycles. The molecule has 0 aliphatic heterocycles. The number of hydrogen-bond acceptors (Lipinski definition) is 9. The minimum absolute atomic E-state index is 0.371. The van der Waals surface area contributed by atoms with E-state index in [4.69, 9.17) is 31.7 Å². The third-order valence-electron chi connectivity index (χ3n) is 3.08. The van der Waals surface area contributed by atoms with Crippen LogP contribution in [0.1, 0.15) is 33.6 Å². The Balaban J connectivity index is 5.04. The highest BCUT2D eigenvalue weighted by atomic mass is 31.2. The lowest BCUT2D eigenvalue weighted by atomic mass is 10.4. The van der Waals surface area contributed by atoms with Gasteiger partial charge in [-0.2, -0.15) is 0 Å². The Morgan fingerprint density at radius 2 is 1.21 bits per heavy atom. The lowest BCUT2D eigenvalue weighted by molar-refractivity contribution is 0.115. The molecule has 0 spiro atoms. The van der Waals surface area contributed by atoms with E-state index in [0.29, 0.717) is 6.61 Å². The second-order valence-corrected chi connectivity index (χ2v) is 10.8. The molecule has 2 unspecified atom stereocenters. The fourth-order valence-corrected chi connectivity index (χ4v) is 5.30. The number of unbranched alkanes of at least 4 members (excludes halogenated alkanes) is 1. The van der Waals surface area contributed by atoms with Crippen molar-refractivity contribution >= 4 is 23.8 Å². The molecule has 0 radical (unpaired) electrons. The summed E-state index contributed by atoms with van der Waals surface area (Å²) in [5, 5.41) is 0. The second-order valence-electron chi connectivity index (χ2n) is 4.63. The Labute approximate surface area is 145 Å². The van der Waals surface area contributed by atoms with E-state index >= 15 is 0 Å². The quantitative estimate of drug-likeness (QED) is 0.297. The summed E-state index contributed by atoms with van der Waals surface area (Å²) in [6.45, 7) is 5.42. The van der Waals surface area contributed by atoms with Crippen molar-refractivity contribution in [3.8, 4) is 0 Å². The van der Waals surface area contributed by atoms with Crippen molar-refractivity contribution in [3.63, 3.8) is 0 Å². The average Bonchev–Trinajstić information content (AvgIpc) is 2.59. The first-order valence-electron chi connectivity index (χ1n) is 7.41. The minimum atomic E-state index is -3.46. The zero-order chi connectivity index (χ0) is 18.8. The Bertz CT molecular complexity index is 384. The molecule has 0 aliphatic carbocycles. The van der Waals surface area contributed by atoms with Crippen LogP contribution in [-0.4, -0.2) is 46.7 Å². The van der Waals surface area contributed by atoms with Crippen LogP contribution < -0.4 is 0 Å². The number of rotatable bonds is 14. The van der Waals surface area contributed by atoms with E-state index < -0.39 is 35.5 Å². The molecule has 0 heterocycles. The average molecular weight is 410 g/mol. The van der Waals surface area contributed by atoms with Crippen molar-refractivity contribution in [2.75, 3.05) is 35.0 Å².